The molecule has 0 radical (unpaired) electrons. The van der Waals surface area contributed by atoms with Crippen LogP contribution in [0.25, 0.3) is 0 Å². The summed E-state index contributed by atoms with van der Waals surface area (Å²) in [6.07, 6.45) is 0.303. The number of piperazine rings is 1. The fraction of sp³-hybridized carbons (Fsp3) is 0.667. The molecule has 0 spiro atoms. The monoisotopic (exact) mass is 282 g/mol. The summed E-state index contributed by atoms with van der Waals surface area (Å²) in [5.74, 6) is -0.345. The Bertz CT molecular complexity index is 441. The quantitative estimate of drug-likeness (QED) is 0.743. The van der Waals surface area contributed by atoms with Gasteiger partial charge in [0.1, 0.15) is 5.71 Å². The second kappa shape index (κ2) is 6.36. The van der Waals surface area contributed by atoms with Gasteiger partial charge in [0.15, 0.2) is 0 Å². The molecule has 0 aromatic rings. The molecule has 0 aromatic heterocycles. The van der Waals surface area contributed by atoms with E-state index in [2.05, 4.69) is 10.5 Å². The predicted molar refractivity (Wildman–Crippen MR) is 70.0 cm³/mol. The molecule has 2 rings (SSSR count). The Morgan fingerprint density at radius 1 is 1.20 bits per heavy atom. The Morgan fingerprint density at radius 3 is 2.40 bits per heavy atom. The van der Waals surface area contributed by atoms with E-state index in [0.29, 0.717) is 44.9 Å². The van der Waals surface area contributed by atoms with E-state index in [0.717, 1.165) is 0 Å². The molecule has 0 aromatic carbocycles. The minimum absolute atomic E-state index is 0.173. The van der Waals surface area contributed by atoms with Crippen molar-refractivity contribution in [3.63, 3.8) is 0 Å². The second-order valence-electron chi connectivity index (χ2n) is 4.57. The molecule has 2 aliphatic heterocycles. The van der Waals surface area contributed by atoms with Gasteiger partial charge in [-0.3, -0.25) is 9.59 Å². The van der Waals surface area contributed by atoms with Gasteiger partial charge in [0.05, 0.1) is 6.61 Å². The summed E-state index contributed by atoms with van der Waals surface area (Å²) >= 11 is 0. The molecule has 0 unspecified atom stereocenters. The van der Waals surface area contributed by atoms with Gasteiger partial charge in [-0.15, -0.1) is 0 Å². The molecular weight excluding hydrogens is 264 g/mol. The fourth-order valence-corrected chi connectivity index (χ4v) is 2.12. The number of rotatable bonds is 2. The van der Waals surface area contributed by atoms with E-state index < -0.39 is 0 Å². The van der Waals surface area contributed by atoms with Crippen LogP contribution in [0.5, 0.6) is 0 Å². The molecule has 0 atom stereocenters. The van der Waals surface area contributed by atoms with Crippen LogP contribution >= 0.6 is 0 Å². The first-order valence-corrected chi connectivity index (χ1v) is 6.68. The standard InChI is InChI=1S/C12H18N4O4/c1-2-20-12(19)16-7-5-15(6-8-16)11(18)9-3-4-10(17)14-13-9/h2-8H2,1H3,(H,14,17). The van der Waals surface area contributed by atoms with E-state index in [9.17, 15) is 14.4 Å². The van der Waals surface area contributed by atoms with E-state index in [1.807, 2.05) is 0 Å². The summed E-state index contributed by atoms with van der Waals surface area (Å²) < 4.78 is 4.92. The van der Waals surface area contributed by atoms with Crippen molar-refractivity contribution >= 4 is 23.6 Å². The van der Waals surface area contributed by atoms with Gasteiger partial charge in [0, 0.05) is 39.0 Å². The number of nitrogens with zero attached hydrogens (tertiary/aromatic N) is 3. The van der Waals surface area contributed by atoms with E-state index in [1.165, 1.54) is 0 Å². The first-order chi connectivity index (χ1) is 9.61. The number of carbonyl (C=O) groups is 3. The van der Waals surface area contributed by atoms with E-state index in [1.54, 1.807) is 16.7 Å². The van der Waals surface area contributed by atoms with Crippen molar-refractivity contribution < 1.29 is 19.1 Å². The third-order valence-corrected chi connectivity index (χ3v) is 3.24. The molecule has 1 fully saturated rings. The van der Waals surface area contributed by atoms with E-state index in [4.69, 9.17) is 4.74 Å². The van der Waals surface area contributed by atoms with Crippen molar-refractivity contribution in [3.8, 4) is 0 Å². The van der Waals surface area contributed by atoms with E-state index in [-0.39, 0.29) is 24.3 Å². The number of hydrogen-bond acceptors (Lipinski definition) is 5. The number of nitrogens with one attached hydrogen (secondary N) is 1. The predicted octanol–water partition coefficient (Wildman–Crippen LogP) is -0.447. The largest absolute Gasteiger partial charge is 0.450 e. The summed E-state index contributed by atoms with van der Waals surface area (Å²) in [5.41, 5.74) is 2.68. The summed E-state index contributed by atoms with van der Waals surface area (Å²) in [4.78, 5) is 37.9. The van der Waals surface area contributed by atoms with Crippen LogP contribution in [0.2, 0.25) is 0 Å². The number of ether oxygens (including phenoxy) is 1. The van der Waals surface area contributed by atoms with Gasteiger partial charge in [-0.25, -0.2) is 10.2 Å². The SMILES string of the molecule is CCOC(=O)N1CCN(C(=O)C2=NNC(=O)CC2)CC1. The van der Waals surface area contributed by atoms with E-state index >= 15 is 0 Å². The van der Waals surface area contributed by atoms with Crippen molar-refractivity contribution in [2.24, 2.45) is 5.10 Å². The smallest absolute Gasteiger partial charge is 0.409 e. The molecule has 0 saturated carbocycles. The molecular formula is C12H18N4O4. The van der Waals surface area contributed by atoms with Crippen molar-refractivity contribution in [3.05, 3.63) is 0 Å². The Labute approximate surface area is 116 Å². The molecule has 1 saturated heterocycles. The zero-order valence-electron chi connectivity index (χ0n) is 11.4. The lowest BCUT2D eigenvalue weighted by molar-refractivity contribution is -0.126. The van der Waals surface area contributed by atoms with Gasteiger partial charge in [-0.05, 0) is 6.92 Å². The first kappa shape index (κ1) is 14.3. The highest BCUT2D eigenvalue weighted by Gasteiger charge is 2.28. The topological polar surface area (TPSA) is 91.3 Å². The van der Waals surface area contributed by atoms with Crippen LogP contribution in [-0.4, -0.2) is 66.2 Å². The van der Waals surface area contributed by atoms with Crippen LogP contribution in [0, 0.1) is 0 Å². The number of hydrogen-bond donors (Lipinski definition) is 1. The van der Waals surface area contributed by atoms with Gasteiger partial charge in [0.25, 0.3) is 5.91 Å². The highest BCUT2D eigenvalue weighted by molar-refractivity contribution is 6.39. The van der Waals surface area contributed by atoms with Gasteiger partial charge in [-0.1, -0.05) is 0 Å². The van der Waals surface area contributed by atoms with Gasteiger partial charge in [0.2, 0.25) is 5.91 Å². The Morgan fingerprint density at radius 2 is 1.85 bits per heavy atom. The normalized spacial score (nSPS) is 19.2. The Kier molecular flexibility index (Phi) is 4.54. The molecule has 20 heavy (non-hydrogen) atoms. The lowest BCUT2D eigenvalue weighted by atomic mass is 10.1. The minimum atomic E-state index is -0.345. The zero-order chi connectivity index (χ0) is 14.5. The molecule has 8 heteroatoms. The van der Waals surface area contributed by atoms with Crippen LogP contribution in [0.3, 0.4) is 0 Å². The summed E-state index contributed by atoms with van der Waals surface area (Å²) in [6, 6.07) is 0. The van der Waals surface area contributed by atoms with Crippen molar-refractivity contribution in [2.45, 2.75) is 19.8 Å². The maximum Gasteiger partial charge on any atom is 0.409 e. The average molecular weight is 282 g/mol. The molecule has 1 N–H and O–H groups in total. The molecule has 110 valence electrons. The zero-order valence-corrected chi connectivity index (χ0v) is 11.4. The number of carbonyl (C=O) groups excluding carboxylic acids is 3. The number of hydrazone groups is 1. The molecule has 8 nitrogen and oxygen atoms in total. The Balaban J connectivity index is 1.86. The van der Waals surface area contributed by atoms with Crippen molar-refractivity contribution in [2.75, 3.05) is 32.8 Å². The third-order valence-electron chi connectivity index (χ3n) is 3.24. The second-order valence-corrected chi connectivity index (χ2v) is 4.57. The molecule has 2 heterocycles. The molecule has 0 aliphatic carbocycles. The number of amides is 3. The van der Waals surface area contributed by atoms with Gasteiger partial charge in [-0.2, -0.15) is 5.10 Å². The summed E-state index contributed by atoms with van der Waals surface area (Å²) in [5, 5.41) is 3.79. The van der Waals surface area contributed by atoms with Crippen LogP contribution in [0.15, 0.2) is 5.10 Å². The lowest BCUT2D eigenvalue weighted by Gasteiger charge is -2.34. The maximum absolute atomic E-state index is 12.2. The minimum Gasteiger partial charge on any atom is -0.450 e. The van der Waals surface area contributed by atoms with Crippen molar-refractivity contribution in [1.29, 1.82) is 0 Å². The maximum atomic E-state index is 12.2. The Hall–Kier alpha value is -2.12. The first-order valence-electron chi connectivity index (χ1n) is 6.68. The lowest BCUT2D eigenvalue weighted by Crippen LogP contribution is -2.52. The molecule has 2 aliphatic rings. The fourth-order valence-electron chi connectivity index (χ4n) is 2.12. The molecule has 3 amide bonds. The summed E-state index contributed by atoms with van der Waals surface area (Å²) in [7, 11) is 0. The van der Waals surface area contributed by atoms with Gasteiger partial charge >= 0.3 is 6.09 Å². The van der Waals surface area contributed by atoms with Crippen LogP contribution < -0.4 is 5.43 Å². The van der Waals surface area contributed by atoms with Crippen LogP contribution in [0.1, 0.15) is 19.8 Å². The highest BCUT2D eigenvalue weighted by Crippen LogP contribution is 2.08. The average Bonchev–Trinajstić information content (AvgIpc) is 2.48. The van der Waals surface area contributed by atoms with Crippen LogP contribution in [-0.2, 0) is 14.3 Å². The van der Waals surface area contributed by atoms with Crippen LogP contribution in [0.4, 0.5) is 4.79 Å². The molecule has 0 bridgehead atoms. The van der Waals surface area contributed by atoms with Crippen molar-refractivity contribution in [1.82, 2.24) is 15.2 Å². The third kappa shape index (κ3) is 3.25. The summed E-state index contributed by atoms with van der Waals surface area (Å²) in [6.45, 7) is 3.89. The highest BCUT2D eigenvalue weighted by atomic mass is 16.6. The van der Waals surface area contributed by atoms with Gasteiger partial charge < -0.3 is 14.5 Å².